The van der Waals surface area contributed by atoms with Crippen molar-refractivity contribution in [2.24, 2.45) is 0 Å². The molecule has 4 atom stereocenters. The number of aromatic nitrogens is 4. The van der Waals surface area contributed by atoms with Crippen molar-refractivity contribution in [2.45, 2.75) is 41.1 Å². The largest absolute Gasteiger partial charge is 0.293 e. The number of rotatable bonds is 24. The predicted molar refractivity (Wildman–Crippen MR) is 552 cm³/mol. The number of nitrogens with zero attached hydrogens (tertiary/aromatic N) is 4. The van der Waals surface area contributed by atoms with Gasteiger partial charge in [0.15, 0.2) is 23.1 Å². The Kier molecular flexibility index (Phi) is 30.0. The first kappa shape index (κ1) is 90.3. The van der Waals surface area contributed by atoms with Crippen LogP contribution in [0.5, 0.6) is 0 Å². The van der Waals surface area contributed by atoms with Crippen LogP contribution in [0.4, 0.5) is 0 Å². The number of thioether (sulfide) groups is 4. The molecular weight excluding hydrogens is 1780 g/mol. The van der Waals surface area contributed by atoms with Crippen molar-refractivity contribution < 1.29 is 19.2 Å². The standard InChI is InChI=1S/4C29H20ClNOS/c4*30-24-17-15-21(16-18-24)27(32)28(22-11-5-2-6-12-22)33-29-25-14-8-7-13-23(25)19-26(31-29)20-9-3-1-4-10-20/h4*1-19,28H/t4*28-/m1100/s1. The fraction of sp³-hybridized carbons (Fsp3) is 0.0345. The quantitative estimate of drug-likeness (QED) is 0.0423. The zero-order valence-corrected chi connectivity index (χ0v) is 77.0. The third-order valence-electron chi connectivity index (χ3n) is 21.9. The molecule has 0 aliphatic rings. The lowest BCUT2D eigenvalue weighted by Gasteiger charge is -2.18. The minimum Gasteiger partial charge on any atom is -0.293 e. The molecule has 132 heavy (non-hydrogen) atoms. The van der Waals surface area contributed by atoms with E-state index < -0.39 is 21.0 Å². The van der Waals surface area contributed by atoms with Gasteiger partial charge in [0, 0.05) is 86.1 Å². The van der Waals surface area contributed by atoms with Crippen LogP contribution in [-0.4, -0.2) is 43.1 Å². The minimum absolute atomic E-state index is 0.0267. The maximum atomic E-state index is 13.7. The van der Waals surface area contributed by atoms with E-state index >= 15 is 0 Å². The minimum atomic E-state index is -0.436. The van der Waals surface area contributed by atoms with Gasteiger partial charge in [-0.2, -0.15) is 0 Å². The lowest BCUT2D eigenvalue weighted by Crippen LogP contribution is -2.10. The highest BCUT2D eigenvalue weighted by Gasteiger charge is 2.31. The van der Waals surface area contributed by atoms with Gasteiger partial charge >= 0.3 is 0 Å². The Balaban J connectivity index is 0.000000123. The van der Waals surface area contributed by atoms with Crippen molar-refractivity contribution >= 4 is 160 Å². The molecule has 0 saturated heterocycles. The van der Waals surface area contributed by atoms with Crippen molar-refractivity contribution in [1.82, 2.24) is 19.9 Å². The van der Waals surface area contributed by atoms with Gasteiger partial charge < -0.3 is 0 Å². The first-order valence-corrected chi connectivity index (χ1v) is 47.7. The number of carbonyl (C=O) groups excluding carboxylic acids is 4. The first-order valence-electron chi connectivity index (χ1n) is 42.6. The van der Waals surface area contributed by atoms with E-state index in [1.165, 1.54) is 47.0 Å². The van der Waals surface area contributed by atoms with Crippen molar-refractivity contribution in [3.8, 4) is 45.0 Å². The monoisotopic (exact) mass is 1860 g/mol. The van der Waals surface area contributed by atoms with Gasteiger partial charge in [-0.15, -0.1) is 0 Å². The van der Waals surface area contributed by atoms with E-state index in [0.717, 1.165) is 130 Å². The van der Waals surface area contributed by atoms with E-state index in [1.54, 1.807) is 97.1 Å². The molecule has 20 aromatic rings. The summed E-state index contributed by atoms with van der Waals surface area (Å²) < 4.78 is 0. The molecule has 0 N–H and O–H groups in total. The van der Waals surface area contributed by atoms with Gasteiger partial charge in [0.25, 0.3) is 0 Å². The average molecular weight is 1860 g/mol. The zero-order valence-electron chi connectivity index (χ0n) is 70.8. The third-order valence-corrected chi connectivity index (χ3v) is 27.9. The number of fused-ring (bicyclic) bond motifs is 4. The molecule has 8 nitrogen and oxygen atoms in total. The number of ketones is 4. The first-order chi connectivity index (χ1) is 64.7. The number of halogens is 4. The molecule has 0 unspecified atom stereocenters. The van der Waals surface area contributed by atoms with Crippen LogP contribution in [0.2, 0.25) is 20.1 Å². The van der Waals surface area contributed by atoms with Crippen LogP contribution >= 0.6 is 93.5 Å². The van der Waals surface area contributed by atoms with E-state index in [1.807, 2.05) is 243 Å². The van der Waals surface area contributed by atoms with Crippen molar-refractivity contribution in [3.63, 3.8) is 0 Å². The van der Waals surface area contributed by atoms with Crippen molar-refractivity contribution in [2.75, 3.05) is 0 Å². The van der Waals surface area contributed by atoms with Crippen molar-refractivity contribution in [1.29, 1.82) is 0 Å². The van der Waals surface area contributed by atoms with Gasteiger partial charge in [0.2, 0.25) is 0 Å². The highest BCUT2D eigenvalue weighted by atomic mass is 35.5. The van der Waals surface area contributed by atoms with E-state index in [0.29, 0.717) is 42.3 Å². The number of carbonyl (C=O) groups is 4. The van der Waals surface area contributed by atoms with E-state index in [9.17, 15) is 19.2 Å². The van der Waals surface area contributed by atoms with Gasteiger partial charge in [-0.1, -0.05) is 433 Å². The van der Waals surface area contributed by atoms with E-state index in [-0.39, 0.29) is 23.1 Å². The topological polar surface area (TPSA) is 120 Å². The van der Waals surface area contributed by atoms with Crippen LogP contribution in [0.1, 0.15) is 84.7 Å². The number of pyridine rings is 4. The second-order valence-electron chi connectivity index (χ2n) is 30.7. The van der Waals surface area contributed by atoms with Gasteiger partial charge in [-0.05, 0) is 165 Å². The molecule has 0 fully saturated rings. The summed E-state index contributed by atoms with van der Waals surface area (Å²) in [4.78, 5) is 74.7. The summed E-state index contributed by atoms with van der Waals surface area (Å²) >= 11 is 30.2. The predicted octanol–water partition coefficient (Wildman–Crippen LogP) is 33.1. The summed E-state index contributed by atoms with van der Waals surface area (Å²) in [6.07, 6.45) is 0. The summed E-state index contributed by atoms with van der Waals surface area (Å²) in [5, 5.41) is 12.6. The SMILES string of the molecule is O=C(c1ccc(Cl)cc1)[C@@H](Sc1nc(-c2ccccc2)cc2ccccc12)c1ccccc1.O=C(c1ccc(Cl)cc1)[C@@H](Sc1nc(-c2ccccc2)cc2ccccc12)c1ccccc1.O=C(c1ccc(Cl)cc1)[C@H](Sc1nc(-c2ccccc2)cc2ccccc12)c1ccccc1.O=C(c1ccc(Cl)cc1)[C@H](Sc1nc(-c2ccccc2)cc2ccccc12)c1ccccc1. The molecule has 0 aliphatic carbocycles. The van der Waals surface area contributed by atoms with Gasteiger partial charge in [0.1, 0.15) is 20.1 Å². The molecule has 0 spiro atoms. The molecular formula is C116H80Cl4N4O4S4. The molecule has 0 saturated carbocycles. The van der Waals surface area contributed by atoms with Gasteiger partial charge in [-0.25, -0.2) is 19.9 Å². The Morgan fingerprint density at radius 1 is 0.189 bits per heavy atom. The third kappa shape index (κ3) is 22.5. The molecule has 0 radical (unpaired) electrons. The Hall–Kier alpha value is -13.6. The van der Waals surface area contributed by atoms with Crippen LogP contribution in [-0.2, 0) is 0 Å². The summed E-state index contributed by atoms with van der Waals surface area (Å²) in [6.45, 7) is 0. The molecule has 0 aliphatic heterocycles. The lowest BCUT2D eigenvalue weighted by atomic mass is 10.0. The average Bonchev–Trinajstić information content (AvgIpc) is 0.794. The van der Waals surface area contributed by atoms with Crippen molar-refractivity contribution in [3.05, 3.63) is 526 Å². The second-order valence-corrected chi connectivity index (χ2v) is 36.8. The fourth-order valence-electron chi connectivity index (χ4n) is 15.2. The highest BCUT2D eigenvalue weighted by Crippen LogP contribution is 2.47. The smallest absolute Gasteiger partial charge is 0.180 e. The summed E-state index contributed by atoms with van der Waals surface area (Å²) in [7, 11) is 0. The number of benzene rings is 16. The molecule has 640 valence electrons. The van der Waals surface area contributed by atoms with E-state index in [4.69, 9.17) is 66.3 Å². The van der Waals surface area contributed by atoms with Crippen LogP contribution in [0, 0.1) is 0 Å². The molecule has 4 heterocycles. The maximum absolute atomic E-state index is 13.7. The molecule has 0 bridgehead atoms. The molecule has 0 amide bonds. The number of Topliss-reactive ketones (excluding diaryl/α,β-unsaturated/α-hetero) is 4. The molecule has 4 aromatic heterocycles. The number of hydrogen-bond donors (Lipinski definition) is 0. The second kappa shape index (κ2) is 43.9. The summed E-state index contributed by atoms with van der Waals surface area (Å²) in [6, 6.07) is 149. The van der Waals surface area contributed by atoms with Crippen LogP contribution < -0.4 is 0 Å². The molecule has 16 heteroatoms. The Bertz CT molecular complexity index is 6500. The zero-order chi connectivity index (χ0) is 90.5. The normalized spacial score (nSPS) is 11.9. The Labute approximate surface area is 803 Å². The Morgan fingerprint density at radius 3 is 0.530 bits per heavy atom. The number of hydrogen-bond acceptors (Lipinski definition) is 12. The van der Waals surface area contributed by atoms with Gasteiger partial charge in [-0.3, -0.25) is 19.2 Å². The summed E-state index contributed by atoms with van der Waals surface area (Å²) in [5.41, 5.74) is 14.0. The van der Waals surface area contributed by atoms with Crippen LogP contribution in [0.15, 0.2) is 481 Å². The molecule has 16 aromatic carbocycles. The van der Waals surface area contributed by atoms with Crippen LogP contribution in [0.25, 0.3) is 88.1 Å². The maximum Gasteiger partial charge on any atom is 0.180 e. The van der Waals surface area contributed by atoms with E-state index in [2.05, 4.69) is 121 Å². The summed E-state index contributed by atoms with van der Waals surface area (Å²) in [5.74, 6) is 0.107. The Morgan fingerprint density at radius 2 is 0.348 bits per heavy atom. The highest BCUT2D eigenvalue weighted by molar-refractivity contribution is 8.01. The van der Waals surface area contributed by atoms with Gasteiger partial charge in [0.05, 0.1) is 43.8 Å². The van der Waals surface area contributed by atoms with Crippen LogP contribution in [0.3, 0.4) is 0 Å². The lowest BCUT2D eigenvalue weighted by molar-refractivity contribution is 0.0981. The molecule has 20 rings (SSSR count). The fourth-order valence-corrected chi connectivity index (χ4v) is 20.6.